The summed E-state index contributed by atoms with van der Waals surface area (Å²) in [6, 6.07) is 7.25. The summed E-state index contributed by atoms with van der Waals surface area (Å²) in [5, 5.41) is 10.4. The van der Waals surface area contributed by atoms with Gasteiger partial charge in [0, 0.05) is 12.4 Å². The van der Waals surface area contributed by atoms with Crippen molar-refractivity contribution < 1.29 is 14.6 Å². The number of nitrogens with zero attached hydrogens (tertiary/aromatic N) is 2. The second-order valence-electron chi connectivity index (χ2n) is 3.86. The molecule has 0 fully saturated rings. The summed E-state index contributed by atoms with van der Waals surface area (Å²) in [5.74, 6) is 1.03. The fourth-order valence-electron chi connectivity index (χ4n) is 1.78. The van der Waals surface area contributed by atoms with E-state index in [1.807, 2.05) is 19.1 Å². The highest BCUT2D eigenvalue weighted by atomic mass is 16.5. The van der Waals surface area contributed by atoms with Crippen LogP contribution in [0.2, 0.25) is 0 Å². The van der Waals surface area contributed by atoms with Gasteiger partial charge in [0.1, 0.15) is 17.5 Å². The van der Waals surface area contributed by atoms with Crippen molar-refractivity contribution in [3.8, 4) is 11.6 Å². The van der Waals surface area contributed by atoms with Gasteiger partial charge in [0.2, 0.25) is 5.88 Å². The predicted octanol–water partition coefficient (Wildman–Crippen LogP) is 1.97. The molecule has 0 saturated heterocycles. The largest absolute Gasteiger partial charge is 0.494 e. The lowest BCUT2D eigenvalue weighted by Gasteiger charge is -2.13. The Morgan fingerprint density at radius 1 is 1.26 bits per heavy atom. The van der Waals surface area contributed by atoms with E-state index in [2.05, 4.69) is 9.97 Å². The Hall–Kier alpha value is -2.14. The van der Waals surface area contributed by atoms with Gasteiger partial charge in [-0.3, -0.25) is 4.98 Å². The van der Waals surface area contributed by atoms with E-state index >= 15 is 0 Å². The van der Waals surface area contributed by atoms with Gasteiger partial charge in [0.15, 0.2) is 0 Å². The summed E-state index contributed by atoms with van der Waals surface area (Å²) in [6.07, 6.45) is 2.14. The quantitative estimate of drug-likeness (QED) is 0.890. The minimum absolute atomic E-state index is 0.316. The monoisotopic (exact) mass is 260 g/mol. The van der Waals surface area contributed by atoms with Crippen LogP contribution < -0.4 is 9.47 Å². The van der Waals surface area contributed by atoms with Crippen LogP contribution in [-0.4, -0.2) is 28.8 Å². The Labute approximate surface area is 111 Å². The molecule has 0 aliphatic rings. The molecule has 2 rings (SSSR count). The normalized spacial score (nSPS) is 11.9. The molecule has 1 unspecified atom stereocenters. The SMILES string of the molecule is CCOc1cccc(C(O)c2nccnc2OC)c1. The second-order valence-corrected chi connectivity index (χ2v) is 3.86. The number of benzene rings is 1. The van der Waals surface area contributed by atoms with E-state index in [-0.39, 0.29) is 0 Å². The van der Waals surface area contributed by atoms with E-state index in [4.69, 9.17) is 9.47 Å². The molecule has 0 radical (unpaired) electrons. The van der Waals surface area contributed by atoms with E-state index in [1.54, 1.807) is 12.1 Å². The molecule has 0 aliphatic carbocycles. The topological polar surface area (TPSA) is 64.5 Å². The zero-order valence-electron chi connectivity index (χ0n) is 10.9. The average Bonchev–Trinajstić information content (AvgIpc) is 2.47. The maximum atomic E-state index is 10.4. The third-order valence-corrected chi connectivity index (χ3v) is 2.63. The summed E-state index contributed by atoms with van der Waals surface area (Å²) in [6.45, 7) is 2.49. The number of hydrogen-bond acceptors (Lipinski definition) is 5. The van der Waals surface area contributed by atoms with Gasteiger partial charge in [0.25, 0.3) is 0 Å². The van der Waals surface area contributed by atoms with Gasteiger partial charge in [-0.1, -0.05) is 12.1 Å². The zero-order chi connectivity index (χ0) is 13.7. The van der Waals surface area contributed by atoms with Gasteiger partial charge < -0.3 is 14.6 Å². The number of ether oxygens (including phenoxy) is 2. The fourth-order valence-corrected chi connectivity index (χ4v) is 1.78. The standard InChI is InChI=1S/C14H16N2O3/c1-3-19-11-6-4-5-10(9-11)13(17)12-14(18-2)16-8-7-15-12/h4-9,13,17H,3H2,1-2H3. The molecule has 19 heavy (non-hydrogen) atoms. The van der Waals surface area contributed by atoms with Crippen LogP contribution in [0.4, 0.5) is 0 Å². The number of aliphatic hydroxyl groups is 1. The Morgan fingerprint density at radius 3 is 2.79 bits per heavy atom. The van der Waals surface area contributed by atoms with Gasteiger partial charge in [-0.25, -0.2) is 4.98 Å². The molecule has 0 aliphatic heterocycles. The first-order valence-electron chi connectivity index (χ1n) is 6.02. The van der Waals surface area contributed by atoms with E-state index in [0.717, 1.165) is 0 Å². The molecule has 1 aromatic heterocycles. The Morgan fingerprint density at radius 2 is 2.05 bits per heavy atom. The smallest absolute Gasteiger partial charge is 0.238 e. The number of aromatic nitrogens is 2. The van der Waals surface area contributed by atoms with E-state index in [1.165, 1.54) is 19.5 Å². The second kappa shape index (κ2) is 6.15. The van der Waals surface area contributed by atoms with E-state index < -0.39 is 6.10 Å². The maximum Gasteiger partial charge on any atom is 0.238 e. The summed E-state index contributed by atoms with van der Waals surface area (Å²) >= 11 is 0. The molecular formula is C14H16N2O3. The lowest BCUT2D eigenvalue weighted by atomic mass is 10.1. The molecule has 1 aromatic carbocycles. The molecule has 0 amide bonds. The summed E-state index contributed by atoms with van der Waals surface area (Å²) < 4.78 is 10.5. The zero-order valence-corrected chi connectivity index (χ0v) is 10.9. The van der Waals surface area contributed by atoms with Crippen LogP contribution >= 0.6 is 0 Å². The predicted molar refractivity (Wildman–Crippen MR) is 70.3 cm³/mol. The van der Waals surface area contributed by atoms with Crippen molar-refractivity contribution in [2.24, 2.45) is 0 Å². The lowest BCUT2D eigenvalue weighted by Crippen LogP contribution is -2.06. The van der Waals surface area contributed by atoms with Crippen molar-refractivity contribution in [1.29, 1.82) is 0 Å². The third kappa shape index (κ3) is 3.00. The van der Waals surface area contributed by atoms with Crippen LogP contribution in [0.25, 0.3) is 0 Å². The van der Waals surface area contributed by atoms with Gasteiger partial charge in [0.05, 0.1) is 13.7 Å². The van der Waals surface area contributed by atoms with Gasteiger partial charge in [-0.2, -0.15) is 0 Å². The minimum Gasteiger partial charge on any atom is -0.494 e. The summed E-state index contributed by atoms with van der Waals surface area (Å²) in [4.78, 5) is 8.15. The van der Waals surface area contributed by atoms with Gasteiger partial charge >= 0.3 is 0 Å². The van der Waals surface area contributed by atoms with Crippen LogP contribution in [0.15, 0.2) is 36.7 Å². The van der Waals surface area contributed by atoms with Crippen molar-refractivity contribution in [3.63, 3.8) is 0 Å². The number of aliphatic hydroxyl groups excluding tert-OH is 1. The van der Waals surface area contributed by atoms with Crippen molar-refractivity contribution in [2.45, 2.75) is 13.0 Å². The van der Waals surface area contributed by atoms with Gasteiger partial charge in [-0.05, 0) is 24.6 Å². The molecule has 0 bridgehead atoms. The summed E-state index contributed by atoms with van der Waals surface area (Å²) in [7, 11) is 1.50. The van der Waals surface area contributed by atoms with Crippen molar-refractivity contribution in [1.82, 2.24) is 9.97 Å². The van der Waals surface area contributed by atoms with Crippen LogP contribution in [0, 0.1) is 0 Å². The first-order chi connectivity index (χ1) is 9.26. The molecule has 1 atom stereocenters. The number of rotatable bonds is 5. The van der Waals surface area contributed by atoms with E-state index in [0.29, 0.717) is 29.5 Å². The lowest BCUT2D eigenvalue weighted by molar-refractivity contribution is 0.207. The first-order valence-corrected chi connectivity index (χ1v) is 6.02. The molecule has 1 heterocycles. The molecule has 5 nitrogen and oxygen atoms in total. The highest BCUT2D eigenvalue weighted by Gasteiger charge is 2.18. The molecular weight excluding hydrogens is 244 g/mol. The number of hydrogen-bond donors (Lipinski definition) is 1. The Kier molecular flexibility index (Phi) is 4.30. The maximum absolute atomic E-state index is 10.4. The highest BCUT2D eigenvalue weighted by molar-refractivity contribution is 5.35. The van der Waals surface area contributed by atoms with Crippen molar-refractivity contribution in [3.05, 3.63) is 47.9 Å². The number of methoxy groups -OCH3 is 1. The minimum atomic E-state index is -0.899. The van der Waals surface area contributed by atoms with Crippen LogP contribution in [0.3, 0.4) is 0 Å². The first kappa shape index (κ1) is 13.3. The summed E-state index contributed by atoms with van der Waals surface area (Å²) in [5.41, 5.74) is 1.07. The Bertz CT molecular complexity index is 546. The molecule has 100 valence electrons. The van der Waals surface area contributed by atoms with Crippen molar-refractivity contribution in [2.75, 3.05) is 13.7 Å². The van der Waals surface area contributed by atoms with Gasteiger partial charge in [-0.15, -0.1) is 0 Å². The highest BCUT2D eigenvalue weighted by Crippen LogP contribution is 2.28. The molecule has 0 saturated carbocycles. The Balaban J connectivity index is 2.32. The molecule has 0 spiro atoms. The average molecular weight is 260 g/mol. The van der Waals surface area contributed by atoms with Crippen LogP contribution in [-0.2, 0) is 0 Å². The van der Waals surface area contributed by atoms with E-state index in [9.17, 15) is 5.11 Å². The third-order valence-electron chi connectivity index (χ3n) is 2.63. The molecule has 1 N–H and O–H groups in total. The molecule has 2 aromatic rings. The molecule has 5 heteroatoms. The van der Waals surface area contributed by atoms with Crippen LogP contribution in [0.1, 0.15) is 24.3 Å². The van der Waals surface area contributed by atoms with Crippen LogP contribution in [0.5, 0.6) is 11.6 Å². The van der Waals surface area contributed by atoms with Crippen molar-refractivity contribution >= 4 is 0 Å². The fraction of sp³-hybridized carbons (Fsp3) is 0.286.